The van der Waals surface area contributed by atoms with Gasteiger partial charge in [0.15, 0.2) is 0 Å². The van der Waals surface area contributed by atoms with Crippen molar-refractivity contribution < 1.29 is 4.52 Å². The van der Waals surface area contributed by atoms with E-state index >= 15 is 0 Å². The summed E-state index contributed by atoms with van der Waals surface area (Å²) in [5.41, 5.74) is 6.77. The Kier molecular flexibility index (Phi) is 6.41. The molecule has 2 aromatic rings. The second-order valence-corrected chi connectivity index (χ2v) is 6.45. The molecular weight excluding hydrogens is 335 g/mol. The summed E-state index contributed by atoms with van der Waals surface area (Å²) in [4.78, 5) is 6.83. The highest BCUT2D eigenvalue weighted by Gasteiger charge is 2.26. The molecule has 1 aromatic carbocycles. The first-order chi connectivity index (χ1) is 10.7. The molecule has 1 aliphatic heterocycles. The molecule has 2 unspecified atom stereocenters. The Hall–Kier alpha value is -1.14. The molecule has 0 bridgehead atoms. The Balaban J connectivity index is 0.00000192. The zero-order valence-electron chi connectivity index (χ0n) is 13.1. The van der Waals surface area contributed by atoms with E-state index in [0.29, 0.717) is 35.9 Å². The van der Waals surface area contributed by atoms with Crippen LogP contribution in [0.25, 0.3) is 11.4 Å². The summed E-state index contributed by atoms with van der Waals surface area (Å²) in [7, 11) is 0. The molecule has 0 amide bonds. The molecule has 2 atom stereocenters. The fourth-order valence-electron chi connectivity index (χ4n) is 2.99. The molecule has 1 aromatic heterocycles. The van der Waals surface area contributed by atoms with Crippen LogP contribution in [-0.2, 0) is 6.54 Å². The molecule has 0 spiro atoms. The van der Waals surface area contributed by atoms with Crippen molar-refractivity contribution in [3.63, 3.8) is 0 Å². The maximum absolute atomic E-state index is 6.00. The van der Waals surface area contributed by atoms with E-state index < -0.39 is 0 Å². The lowest BCUT2D eigenvalue weighted by molar-refractivity contribution is 0.102. The number of nitrogens with two attached hydrogens (primary N) is 1. The monoisotopic (exact) mass is 356 g/mol. The van der Waals surface area contributed by atoms with E-state index in [9.17, 15) is 0 Å². The first-order valence-electron chi connectivity index (χ1n) is 7.68. The average molecular weight is 357 g/mol. The third kappa shape index (κ3) is 4.44. The van der Waals surface area contributed by atoms with Crippen LogP contribution in [0, 0.1) is 5.92 Å². The van der Waals surface area contributed by atoms with E-state index in [1.165, 1.54) is 6.42 Å². The third-order valence-corrected chi connectivity index (χ3v) is 4.50. The molecule has 7 heteroatoms. The zero-order valence-corrected chi connectivity index (χ0v) is 14.7. The number of nitrogens with zero attached hydrogens (tertiary/aromatic N) is 3. The normalized spacial score (nSPS) is 21.9. The first-order valence-corrected chi connectivity index (χ1v) is 8.06. The van der Waals surface area contributed by atoms with Gasteiger partial charge in [-0.3, -0.25) is 4.90 Å². The molecule has 5 nitrogen and oxygen atoms in total. The molecule has 1 aliphatic rings. The Labute approximate surface area is 147 Å². The molecular formula is C16H22Cl2N4O. The van der Waals surface area contributed by atoms with Gasteiger partial charge in [0.2, 0.25) is 11.7 Å². The quantitative estimate of drug-likeness (QED) is 0.909. The van der Waals surface area contributed by atoms with Gasteiger partial charge in [0.25, 0.3) is 0 Å². The van der Waals surface area contributed by atoms with Gasteiger partial charge in [-0.2, -0.15) is 4.98 Å². The maximum Gasteiger partial charge on any atom is 0.241 e. The third-order valence-electron chi connectivity index (χ3n) is 4.26. The van der Waals surface area contributed by atoms with Gasteiger partial charge in [0.1, 0.15) is 0 Å². The summed E-state index contributed by atoms with van der Waals surface area (Å²) >= 11 is 6.00. The molecule has 2 heterocycles. The van der Waals surface area contributed by atoms with Crippen molar-refractivity contribution in [2.75, 3.05) is 13.1 Å². The molecule has 126 valence electrons. The average Bonchev–Trinajstić information content (AvgIpc) is 2.97. The standard InChI is InChI=1S/C16H21ClN4O.ClH/c1-11-5-6-21(14(7-11)9-18)10-15-19-16(20-22-15)12-3-2-4-13(17)8-12;/h2-4,8,11,14H,5-7,9-10,18H2,1H3;1H. The number of aromatic nitrogens is 2. The number of piperidine rings is 1. The summed E-state index contributed by atoms with van der Waals surface area (Å²) in [5, 5.41) is 4.72. The smallest absolute Gasteiger partial charge is 0.241 e. The highest BCUT2D eigenvalue weighted by molar-refractivity contribution is 6.30. The lowest BCUT2D eigenvalue weighted by atomic mass is 9.92. The van der Waals surface area contributed by atoms with Gasteiger partial charge in [-0.15, -0.1) is 12.4 Å². The number of benzene rings is 1. The minimum atomic E-state index is 0. The molecule has 0 aliphatic carbocycles. The van der Waals surface area contributed by atoms with E-state index in [2.05, 4.69) is 22.0 Å². The van der Waals surface area contributed by atoms with Crippen LogP contribution >= 0.6 is 24.0 Å². The van der Waals surface area contributed by atoms with Crippen molar-refractivity contribution in [2.24, 2.45) is 11.7 Å². The second kappa shape index (κ2) is 8.11. The lowest BCUT2D eigenvalue weighted by Crippen LogP contribution is -2.45. The largest absolute Gasteiger partial charge is 0.338 e. The summed E-state index contributed by atoms with van der Waals surface area (Å²) in [6.45, 7) is 4.63. The van der Waals surface area contributed by atoms with Gasteiger partial charge in [-0.05, 0) is 37.4 Å². The van der Waals surface area contributed by atoms with Gasteiger partial charge in [0, 0.05) is 23.2 Å². The minimum absolute atomic E-state index is 0. The fourth-order valence-corrected chi connectivity index (χ4v) is 3.18. The molecule has 2 N–H and O–H groups in total. The van der Waals surface area contributed by atoms with Crippen molar-refractivity contribution in [1.29, 1.82) is 0 Å². The summed E-state index contributed by atoms with van der Waals surface area (Å²) in [5.74, 6) is 1.93. The molecule has 0 radical (unpaired) electrons. The van der Waals surface area contributed by atoms with Crippen LogP contribution in [0.5, 0.6) is 0 Å². The number of halogens is 2. The summed E-state index contributed by atoms with van der Waals surface area (Å²) in [6, 6.07) is 7.86. The van der Waals surface area contributed by atoms with Crippen molar-refractivity contribution in [3.05, 3.63) is 35.2 Å². The maximum atomic E-state index is 6.00. The Morgan fingerprint density at radius 2 is 2.26 bits per heavy atom. The Morgan fingerprint density at radius 3 is 3.00 bits per heavy atom. The number of hydrogen-bond acceptors (Lipinski definition) is 5. The SMILES string of the molecule is CC1CCN(Cc2nc(-c3cccc(Cl)c3)no2)C(CN)C1.Cl. The molecule has 3 rings (SSSR count). The summed E-state index contributed by atoms with van der Waals surface area (Å²) < 4.78 is 5.39. The van der Waals surface area contributed by atoms with E-state index in [1.807, 2.05) is 24.3 Å². The second-order valence-electron chi connectivity index (χ2n) is 6.01. The van der Waals surface area contributed by atoms with E-state index in [-0.39, 0.29) is 12.4 Å². The van der Waals surface area contributed by atoms with Crippen LogP contribution in [-0.4, -0.2) is 34.2 Å². The van der Waals surface area contributed by atoms with Gasteiger partial charge >= 0.3 is 0 Å². The number of likely N-dealkylation sites (tertiary alicyclic amines) is 1. The highest BCUT2D eigenvalue weighted by Crippen LogP contribution is 2.24. The van der Waals surface area contributed by atoms with E-state index in [1.54, 1.807) is 0 Å². The van der Waals surface area contributed by atoms with Gasteiger partial charge in [0.05, 0.1) is 6.54 Å². The van der Waals surface area contributed by atoms with E-state index in [4.69, 9.17) is 21.9 Å². The van der Waals surface area contributed by atoms with Crippen molar-refractivity contribution in [2.45, 2.75) is 32.4 Å². The van der Waals surface area contributed by atoms with Crippen LogP contribution in [0.3, 0.4) is 0 Å². The lowest BCUT2D eigenvalue weighted by Gasteiger charge is -2.36. The van der Waals surface area contributed by atoms with Crippen molar-refractivity contribution in [3.8, 4) is 11.4 Å². The minimum Gasteiger partial charge on any atom is -0.338 e. The molecule has 1 saturated heterocycles. The predicted octanol–water partition coefficient (Wildman–Crippen LogP) is 3.37. The van der Waals surface area contributed by atoms with Crippen LogP contribution in [0.1, 0.15) is 25.7 Å². The predicted molar refractivity (Wildman–Crippen MR) is 93.6 cm³/mol. The van der Waals surface area contributed by atoms with Crippen LogP contribution < -0.4 is 5.73 Å². The van der Waals surface area contributed by atoms with Gasteiger partial charge in [-0.25, -0.2) is 0 Å². The molecule has 23 heavy (non-hydrogen) atoms. The Morgan fingerprint density at radius 1 is 1.43 bits per heavy atom. The number of rotatable bonds is 4. The summed E-state index contributed by atoms with van der Waals surface area (Å²) in [6.07, 6.45) is 2.32. The number of hydrogen-bond donors (Lipinski definition) is 1. The topological polar surface area (TPSA) is 68.2 Å². The van der Waals surface area contributed by atoms with Crippen molar-refractivity contribution in [1.82, 2.24) is 15.0 Å². The van der Waals surface area contributed by atoms with Crippen LogP contribution in [0.15, 0.2) is 28.8 Å². The van der Waals surface area contributed by atoms with E-state index in [0.717, 1.165) is 24.4 Å². The van der Waals surface area contributed by atoms with Gasteiger partial charge in [-0.1, -0.05) is 35.8 Å². The molecule has 1 fully saturated rings. The van der Waals surface area contributed by atoms with Crippen LogP contribution in [0.2, 0.25) is 5.02 Å². The van der Waals surface area contributed by atoms with Crippen molar-refractivity contribution >= 4 is 24.0 Å². The zero-order chi connectivity index (χ0) is 15.5. The molecule has 0 saturated carbocycles. The fraction of sp³-hybridized carbons (Fsp3) is 0.500. The van der Waals surface area contributed by atoms with Gasteiger partial charge < -0.3 is 10.3 Å². The Bertz CT molecular complexity index is 634. The van der Waals surface area contributed by atoms with Crippen LogP contribution in [0.4, 0.5) is 0 Å². The highest BCUT2D eigenvalue weighted by atomic mass is 35.5. The first kappa shape index (κ1) is 18.2.